The van der Waals surface area contributed by atoms with Crippen molar-refractivity contribution in [3.05, 3.63) is 33.3 Å². The van der Waals surface area contributed by atoms with Gasteiger partial charge in [0, 0.05) is 4.47 Å². The SMILES string of the molecule is Cc1cccc(Cl)c1Br.N=C=O. The Bertz CT molecular complexity index is 275. The zero-order valence-electron chi connectivity index (χ0n) is 6.40. The van der Waals surface area contributed by atoms with Gasteiger partial charge in [-0.05, 0) is 34.5 Å². The van der Waals surface area contributed by atoms with Crippen molar-refractivity contribution in [1.29, 1.82) is 5.41 Å². The fraction of sp³-hybridized carbons (Fsp3) is 0.125. The van der Waals surface area contributed by atoms with Gasteiger partial charge in [0.05, 0.1) is 5.02 Å². The first-order valence-corrected chi connectivity index (χ1v) is 4.25. The summed E-state index contributed by atoms with van der Waals surface area (Å²) in [5.74, 6) is 0. The maximum absolute atomic E-state index is 8.35. The van der Waals surface area contributed by atoms with Crippen LogP contribution in [0.3, 0.4) is 0 Å². The average molecular weight is 249 g/mol. The summed E-state index contributed by atoms with van der Waals surface area (Å²) in [4.78, 5) is 8.35. The van der Waals surface area contributed by atoms with Gasteiger partial charge in [-0.1, -0.05) is 23.7 Å². The molecule has 0 saturated heterocycles. The predicted octanol–water partition coefficient (Wildman–Crippen LogP) is 3.31. The zero-order chi connectivity index (χ0) is 9.56. The normalized spacial score (nSPS) is 7.92. The van der Waals surface area contributed by atoms with E-state index >= 15 is 0 Å². The van der Waals surface area contributed by atoms with Crippen molar-refractivity contribution in [3.8, 4) is 0 Å². The Morgan fingerprint density at radius 2 is 2.08 bits per heavy atom. The van der Waals surface area contributed by atoms with E-state index in [1.54, 1.807) is 0 Å². The molecule has 0 atom stereocenters. The number of aryl methyl sites for hydroxylation is 1. The number of rotatable bonds is 0. The minimum Gasteiger partial charge on any atom is -0.222 e. The molecule has 1 aromatic rings. The summed E-state index contributed by atoms with van der Waals surface area (Å²) in [5.41, 5.74) is 1.17. The first-order chi connectivity index (χ1) is 5.63. The van der Waals surface area contributed by atoms with E-state index in [9.17, 15) is 0 Å². The standard InChI is InChI=1S/C7H6BrCl.CHNO/c1-5-3-2-4-6(9)7(5)8;2-1-3/h2-4H,1H3;2H. The lowest BCUT2D eigenvalue weighted by Gasteiger charge is -1.96. The molecular weight excluding hydrogens is 241 g/mol. The third kappa shape index (κ3) is 3.67. The second kappa shape index (κ2) is 5.95. The Balaban J connectivity index is 0.000000354. The van der Waals surface area contributed by atoms with Crippen molar-refractivity contribution in [2.45, 2.75) is 6.92 Å². The van der Waals surface area contributed by atoms with Crippen LogP contribution in [0.15, 0.2) is 22.7 Å². The molecule has 0 aliphatic rings. The van der Waals surface area contributed by atoms with Gasteiger partial charge in [-0.15, -0.1) is 0 Å². The van der Waals surface area contributed by atoms with Gasteiger partial charge in [-0.25, -0.2) is 10.2 Å². The van der Waals surface area contributed by atoms with Crippen molar-refractivity contribution >= 4 is 33.6 Å². The van der Waals surface area contributed by atoms with Crippen LogP contribution < -0.4 is 0 Å². The Morgan fingerprint density at radius 3 is 2.42 bits per heavy atom. The molecule has 0 spiro atoms. The zero-order valence-corrected chi connectivity index (χ0v) is 8.74. The predicted molar refractivity (Wildman–Crippen MR) is 52.3 cm³/mol. The molecule has 0 saturated carbocycles. The van der Waals surface area contributed by atoms with E-state index < -0.39 is 0 Å². The van der Waals surface area contributed by atoms with E-state index in [-0.39, 0.29) is 0 Å². The van der Waals surface area contributed by atoms with E-state index in [4.69, 9.17) is 21.8 Å². The highest BCUT2D eigenvalue weighted by atomic mass is 79.9. The lowest BCUT2D eigenvalue weighted by molar-refractivity contribution is 0.563. The molecule has 12 heavy (non-hydrogen) atoms. The summed E-state index contributed by atoms with van der Waals surface area (Å²) in [6.45, 7) is 2.01. The van der Waals surface area contributed by atoms with Crippen molar-refractivity contribution in [2.75, 3.05) is 0 Å². The molecule has 2 nitrogen and oxygen atoms in total. The number of hydrogen-bond acceptors (Lipinski definition) is 2. The molecule has 0 aromatic heterocycles. The Kier molecular flexibility index (Phi) is 5.64. The molecule has 0 amide bonds. The highest BCUT2D eigenvalue weighted by molar-refractivity contribution is 9.10. The highest BCUT2D eigenvalue weighted by Crippen LogP contribution is 2.24. The third-order valence-electron chi connectivity index (χ3n) is 1.14. The fourth-order valence-electron chi connectivity index (χ4n) is 0.612. The summed E-state index contributed by atoms with van der Waals surface area (Å²) in [6.07, 6.45) is 0.750. The molecule has 1 aromatic carbocycles. The second-order valence-electron chi connectivity index (χ2n) is 1.97. The quantitative estimate of drug-likeness (QED) is 0.555. The van der Waals surface area contributed by atoms with Gasteiger partial charge < -0.3 is 0 Å². The van der Waals surface area contributed by atoms with Gasteiger partial charge in [-0.3, -0.25) is 0 Å². The van der Waals surface area contributed by atoms with Crippen LogP contribution in [0.25, 0.3) is 0 Å². The van der Waals surface area contributed by atoms with Crippen molar-refractivity contribution in [3.63, 3.8) is 0 Å². The fourth-order valence-corrected chi connectivity index (χ4v) is 1.10. The van der Waals surface area contributed by atoms with Crippen LogP contribution in [0.5, 0.6) is 0 Å². The van der Waals surface area contributed by atoms with Crippen molar-refractivity contribution < 1.29 is 4.79 Å². The Morgan fingerprint density at radius 1 is 1.58 bits per heavy atom. The number of benzene rings is 1. The Hall–Kier alpha value is -0.630. The molecule has 0 bridgehead atoms. The topological polar surface area (TPSA) is 40.9 Å². The highest BCUT2D eigenvalue weighted by Gasteiger charge is 1.96. The molecule has 4 heteroatoms. The Labute approximate surface area is 84.2 Å². The van der Waals surface area contributed by atoms with E-state index in [2.05, 4.69) is 15.9 Å². The molecule has 0 aliphatic carbocycles. The monoisotopic (exact) mass is 247 g/mol. The molecule has 0 radical (unpaired) electrons. The van der Waals surface area contributed by atoms with Gasteiger partial charge in [0.1, 0.15) is 0 Å². The van der Waals surface area contributed by atoms with Crippen molar-refractivity contribution in [2.24, 2.45) is 0 Å². The maximum Gasteiger partial charge on any atom is 0.231 e. The first-order valence-electron chi connectivity index (χ1n) is 3.08. The lowest BCUT2D eigenvalue weighted by atomic mass is 10.2. The molecule has 64 valence electrons. The molecule has 0 fully saturated rings. The van der Waals surface area contributed by atoms with Crippen LogP contribution in [0, 0.1) is 12.3 Å². The summed E-state index contributed by atoms with van der Waals surface area (Å²) in [5, 5.41) is 6.18. The maximum atomic E-state index is 8.35. The van der Waals surface area contributed by atoms with Gasteiger partial charge in [0.15, 0.2) is 0 Å². The molecule has 0 unspecified atom stereocenters. The number of halogens is 2. The van der Waals surface area contributed by atoms with Crippen LogP contribution >= 0.6 is 27.5 Å². The molecular formula is C8H7BrClNO. The molecule has 0 heterocycles. The average Bonchev–Trinajstić information content (AvgIpc) is 2.02. The number of hydrogen-bond donors (Lipinski definition) is 1. The van der Waals surface area contributed by atoms with Gasteiger partial charge in [-0.2, -0.15) is 0 Å². The van der Waals surface area contributed by atoms with Crippen LogP contribution in [-0.2, 0) is 4.79 Å². The van der Waals surface area contributed by atoms with Crippen LogP contribution in [-0.4, -0.2) is 6.08 Å². The van der Waals surface area contributed by atoms with E-state index in [0.29, 0.717) is 0 Å². The molecule has 1 rings (SSSR count). The molecule has 0 aliphatic heterocycles. The summed E-state index contributed by atoms with van der Waals surface area (Å²) in [7, 11) is 0. The van der Waals surface area contributed by atoms with Crippen molar-refractivity contribution in [1.82, 2.24) is 0 Å². The van der Waals surface area contributed by atoms with E-state index in [1.807, 2.05) is 25.1 Å². The minimum absolute atomic E-state index is 0.750. The molecule has 1 N–H and O–H groups in total. The number of isocyanates is 1. The van der Waals surface area contributed by atoms with Crippen LogP contribution in [0.4, 0.5) is 0 Å². The number of carbonyl (C=O) groups excluding carboxylic acids is 1. The third-order valence-corrected chi connectivity index (χ3v) is 2.74. The first kappa shape index (κ1) is 11.4. The summed E-state index contributed by atoms with van der Waals surface area (Å²) in [6, 6.07) is 5.80. The second-order valence-corrected chi connectivity index (χ2v) is 3.17. The largest absolute Gasteiger partial charge is 0.231 e. The van der Waals surface area contributed by atoms with E-state index in [1.165, 1.54) is 5.56 Å². The minimum atomic E-state index is 0.750. The summed E-state index contributed by atoms with van der Waals surface area (Å²) < 4.78 is 0.992. The van der Waals surface area contributed by atoms with Crippen LogP contribution in [0.1, 0.15) is 5.56 Å². The van der Waals surface area contributed by atoms with Gasteiger partial charge in [0.2, 0.25) is 6.08 Å². The van der Waals surface area contributed by atoms with Crippen LogP contribution in [0.2, 0.25) is 5.02 Å². The summed E-state index contributed by atoms with van der Waals surface area (Å²) >= 11 is 9.11. The van der Waals surface area contributed by atoms with Gasteiger partial charge in [0.25, 0.3) is 0 Å². The lowest BCUT2D eigenvalue weighted by Crippen LogP contribution is -1.73. The van der Waals surface area contributed by atoms with Gasteiger partial charge >= 0.3 is 0 Å². The smallest absolute Gasteiger partial charge is 0.222 e. The van der Waals surface area contributed by atoms with E-state index in [0.717, 1.165) is 15.6 Å². The number of nitrogens with one attached hydrogen (secondary N) is 1.